The lowest BCUT2D eigenvalue weighted by Crippen LogP contribution is -2.40. The van der Waals surface area contributed by atoms with Gasteiger partial charge in [-0.15, -0.1) is 0 Å². The zero-order chi connectivity index (χ0) is 16.4. The molecule has 0 bridgehead atoms. The lowest BCUT2D eigenvalue weighted by Gasteiger charge is -2.29. The number of hydrogen-bond donors (Lipinski definition) is 1. The Labute approximate surface area is 132 Å². The highest BCUT2D eigenvalue weighted by Gasteiger charge is 2.26. The third-order valence-electron chi connectivity index (χ3n) is 4.06. The molecule has 1 saturated carbocycles. The Kier molecular flexibility index (Phi) is 8.55. The van der Waals surface area contributed by atoms with Gasteiger partial charge in [0.25, 0.3) is 0 Å². The Morgan fingerprint density at radius 2 is 1.82 bits per heavy atom. The van der Waals surface area contributed by atoms with Crippen molar-refractivity contribution in [1.82, 2.24) is 10.2 Å². The normalized spacial score (nSPS) is 15.2. The van der Waals surface area contributed by atoms with Gasteiger partial charge in [0, 0.05) is 32.5 Å². The Morgan fingerprint density at radius 3 is 2.41 bits per heavy atom. The zero-order valence-electron chi connectivity index (χ0n) is 13.7. The Morgan fingerprint density at radius 1 is 1.14 bits per heavy atom. The molecule has 6 nitrogen and oxygen atoms in total. The predicted octanol–water partition coefficient (Wildman–Crippen LogP) is 1.48. The minimum atomic E-state index is -0.302. The van der Waals surface area contributed by atoms with Crippen molar-refractivity contribution in [2.75, 3.05) is 26.7 Å². The van der Waals surface area contributed by atoms with Crippen LogP contribution in [0.3, 0.4) is 0 Å². The van der Waals surface area contributed by atoms with Crippen molar-refractivity contribution in [2.45, 2.75) is 51.9 Å². The molecule has 0 spiro atoms. The fraction of sp³-hybridized carbons (Fsp3) is 0.812. The number of carbonyl (C=O) groups excluding carboxylic acids is 3. The van der Waals surface area contributed by atoms with Crippen LogP contribution in [0.25, 0.3) is 0 Å². The molecular formula is C16H28N2O4. The molecule has 0 heterocycles. The number of carbonyl (C=O) groups is 3. The van der Waals surface area contributed by atoms with E-state index in [1.807, 2.05) is 0 Å². The number of esters is 1. The molecule has 0 aromatic rings. The molecule has 1 fully saturated rings. The summed E-state index contributed by atoms with van der Waals surface area (Å²) < 4.78 is 4.65. The van der Waals surface area contributed by atoms with Crippen molar-refractivity contribution in [3.8, 4) is 0 Å². The molecule has 6 heteroatoms. The highest BCUT2D eigenvalue weighted by molar-refractivity contribution is 5.79. The van der Waals surface area contributed by atoms with Crippen LogP contribution in [0.1, 0.15) is 51.9 Å². The molecule has 126 valence electrons. The van der Waals surface area contributed by atoms with Crippen molar-refractivity contribution in [1.29, 1.82) is 0 Å². The van der Waals surface area contributed by atoms with Crippen LogP contribution in [0.4, 0.5) is 0 Å². The lowest BCUT2D eigenvalue weighted by atomic mass is 9.88. The molecule has 1 aliphatic carbocycles. The average Bonchev–Trinajstić information content (AvgIpc) is 2.53. The Balaban J connectivity index is 2.49. The summed E-state index contributed by atoms with van der Waals surface area (Å²) in [6.07, 6.45) is 6.21. The SMILES string of the molecule is COC(=O)CCN(CCCNC(C)=O)C(=O)C1CCCCC1. The van der Waals surface area contributed by atoms with Gasteiger partial charge in [0.05, 0.1) is 13.5 Å². The van der Waals surface area contributed by atoms with Gasteiger partial charge in [-0.3, -0.25) is 14.4 Å². The second-order valence-electron chi connectivity index (χ2n) is 5.82. The maximum Gasteiger partial charge on any atom is 0.307 e. The van der Waals surface area contributed by atoms with Crippen LogP contribution < -0.4 is 5.32 Å². The van der Waals surface area contributed by atoms with Crippen molar-refractivity contribution in [3.05, 3.63) is 0 Å². The number of nitrogens with one attached hydrogen (secondary N) is 1. The molecule has 1 N–H and O–H groups in total. The van der Waals surface area contributed by atoms with Crippen molar-refractivity contribution < 1.29 is 19.1 Å². The van der Waals surface area contributed by atoms with E-state index < -0.39 is 0 Å². The van der Waals surface area contributed by atoms with E-state index in [-0.39, 0.29) is 30.1 Å². The van der Waals surface area contributed by atoms with Crippen LogP contribution in [0, 0.1) is 5.92 Å². The molecule has 0 saturated heterocycles. The van der Waals surface area contributed by atoms with Crippen LogP contribution in [0.2, 0.25) is 0 Å². The molecule has 2 amide bonds. The monoisotopic (exact) mass is 312 g/mol. The van der Waals surface area contributed by atoms with Gasteiger partial charge < -0.3 is 15.0 Å². The summed E-state index contributed by atoms with van der Waals surface area (Å²) >= 11 is 0. The first-order valence-electron chi connectivity index (χ1n) is 8.14. The van der Waals surface area contributed by atoms with E-state index in [4.69, 9.17) is 0 Å². The minimum absolute atomic E-state index is 0.0697. The first-order valence-corrected chi connectivity index (χ1v) is 8.14. The summed E-state index contributed by atoms with van der Waals surface area (Å²) in [5.41, 5.74) is 0. The molecule has 0 unspecified atom stereocenters. The van der Waals surface area contributed by atoms with Gasteiger partial charge in [-0.1, -0.05) is 19.3 Å². The number of amides is 2. The van der Waals surface area contributed by atoms with Gasteiger partial charge >= 0.3 is 5.97 Å². The number of methoxy groups -OCH3 is 1. The van der Waals surface area contributed by atoms with Gasteiger partial charge in [0.15, 0.2) is 0 Å². The highest BCUT2D eigenvalue weighted by atomic mass is 16.5. The summed E-state index contributed by atoms with van der Waals surface area (Å²) in [5.74, 6) is -0.137. The second kappa shape index (κ2) is 10.2. The summed E-state index contributed by atoms with van der Waals surface area (Å²) in [5, 5.41) is 2.73. The lowest BCUT2D eigenvalue weighted by molar-refractivity contribution is -0.142. The maximum absolute atomic E-state index is 12.6. The van der Waals surface area contributed by atoms with Crippen LogP contribution in [-0.2, 0) is 19.1 Å². The molecule has 0 aliphatic heterocycles. The number of hydrogen-bond acceptors (Lipinski definition) is 4. The van der Waals surface area contributed by atoms with E-state index in [2.05, 4.69) is 10.1 Å². The maximum atomic E-state index is 12.6. The molecular weight excluding hydrogens is 284 g/mol. The van der Waals surface area contributed by atoms with E-state index in [9.17, 15) is 14.4 Å². The molecule has 0 aromatic carbocycles. The number of ether oxygens (including phenoxy) is 1. The molecule has 0 radical (unpaired) electrons. The third-order valence-corrected chi connectivity index (χ3v) is 4.06. The van der Waals surface area contributed by atoms with E-state index in [0.29, 0.717) is 26.1 Å². The van der Waals surface area contributed by atoms with Crippen LogP contribution in [0.5, 0.6) is 0 Å². The average molecular weight is 312 g/mol. The first-order chi connectivity index (χ1) is 10.5. The van der Waals surface area contributed by atoms with Crippen molar-refractivity contribution in [2.24, 2.45) is 5.92 Å². The fourth-order valence-corrected chi connectivity index (χ4v) is 2.80. The van der Waals surface area contributed by atoms with Gasteiger partial charge in [-0.05, 0) is 19.3 Å². The topological polar surface area (TPSA) is 75.7 Å². The summed E-state index contributed by atoms with van der Waals surface area (Å²) in [6.45, 7) is 2.97. The highest BCUT2D eigenvalue weighted by Crippen LogP contribution is 2.25. The largest absolute Gasteiger partial charge is 0.469 e. The van der Waals surface area contributed by atoms with Crippen molar-refractivity contribution >= 4 is 17.8 Å². The molecule has 0 atom stereocenters. The van der Waals surface area contributed by atoms with Gasteiger partial charge in [-0.25, -0.2) is 0 Å². The second-order valence-corrected chi connectivity index (χ2v) is 5.82. The Hall–Kier alpha value is -1.59. The van der Waals surface area contributed by atoms with Crippen LogP contribution in [0.15, 0.2) is 0 Å². The van der Waals surface area contributed by atoms with Gasteiger partial charge in [-0.2, -0.15) is 0 Å². The smallest absolute Gasteiger partial charge is 0.307 e. The number of rotatable bonds is 8. The quantitative estimate of drug-likeness (QED) is 0.544. The third kappa shape index (κ3) is 6.91. The molecule has 1 aliphatic rings. The zero-order valence-corrected chi connectivity index (χ0v) is 13.7. The van der Waals surface area contributed by atoms with E-state index in [1.165, 1.54) is 20.5 Å². The van der Waals surface area contributed by atoms with E-state index in [1.54, 1.807) is 4.90 Å². The minimum Gasteiger partial charge on any atom is -0.469 e. The standard InChI is InChI=1S/C16H28N2O4/c1-13(19)17-10-6-11-18(12-9-15(20)22-2)16(21)14-7-4-3-5-8-14/h14H,3-12H2,1-2H3,(H,17,19). The molecule has 22 heavy (non-hydrogen) atoms. The van der Waals surface area contributed by atoms with Crippen molar-refractivity contribution in [3.63, 3.8) is 0 Å². The Bertz CT molecular complexity index is 378. The summed E-state index contributed by atoms with van der Waals surface area (Å²) in [4.78, 5) is 36.6. The van der Waals surface area contributed by atoms with E-state index in [0.717, 1.165) is 25.7 Å². The fourth-order valence-electron chi connectivity index (χ4n) is 2.80. The van der Waals surface area contributed by atoms with Crippen LogP contribution in [-0.4, -0.2) is 49.4 Å². The van der Waals surface area contributed by atoms with Crippen LogP contribution >= 0.6 is 0 Å². The molecule has 1 rings (SSSR count). The number of nitrogens with zero attached hydrogens (tertiary/aromatic N) is 1. The summed E-state index contributed by atoms with van der Waals surface area (Å²) in [7, 11) is 1.35. The predicted molar refractivity (Wildman–Crippen MR) is 83.1 cm³/mol. The first kappa shape index (κ1) is 18.5. The van der Waals surface area contributed by atoms with Gasteiger partial charge in [0.2, 0.25) is 11.8 Å². The molecule has 0 aromatic heterocycles. The van der Waals surface area contributed by atoms with Gasteiger partial charge in [0.1, 0.15) is 0 Å². The summed E-state index contributed by atoms with van der Waals surface area (Å²) in [6, 6.07) is 0. The van der Waals surface area contributed by atoms with E-state index >= 15 is 0 Å².